The number of nitrogens with one attached hydrogen (secondary N) is 1. The van der Waals surface area contributed by atoms with Crippen molar-refractivity contribution in [3.63, 3.8) is 0 Å². The predicted octanol–water partition coefficient (Wildman–Crippen LogP) is 5.37. The zero-order chi connectivity index (χ0) is 28.1. The van der Waals surface area contributed by atoms with Crippen LogP contribution in [-0.2, 0) is 6.61 Å². The van der Waals surface area contributed by atoms with Crippen LogP contribution in [0.1, 0.15) is 25.0 Å². The maximum atomic E-state index is 10.1. The average molecular weight is 539 g/mol. The van der Waals surface area contributed by atoms with Gasteiger partial charge in [0.05, 0.1) is 31.6 Å². The van der Waals surface area contributed by atoms with Gasteiger partial charge >= 0.3 is 0 Å². The molecule has 1 saturated heterocycles. The largest absolute Gasteiger partial charge is 0.497 e. The van der Waals surface area contributed by atoms with Crippen molar-refractivity contribution in [1.29, 1.82) is 5.26 Å². The number of methoxy groups -OCH3 is 2. The van der Waals surface area contributed by atoms with Crippen LogP contribution in [0.3, 0.4) is 0 Å². The fourth-order valence-electron chi connectivity index (χ4n) is 4.81. The van der Waals surface area contributed by atoms with E-state index in [-0.39, 0.29) is 0 Å². The van der Waals surface area contributed by atoms with Crippen LogP contribution in [-0.4, -0.2) is 61.3 Å². The topological polar surface area (TPSA) is 95.8 Å². The van der Waals surface area contributed by atoms with Crippen molar-refractivity contribution in [2.24, 2.45) is 0 Å². The molecule has 1 fully saturated rings. The third-order valence-electron chi connectivity index (χ3n) is 7.18. The summed E-state index contributed by atoms with van der Waals surface area (Å²) in [5, 5.41) is 13.5. The minimum atomic E-state index is 0.393. The van der Waals surface area contributed by atoms with Gasteiger partial charge in [0.25, 0.3) is 0 Å². The number of benzene rings is 3. The fraction of sp³-hybridized carbons (Fsp3) is 0.323. The number of rotatable bonds is 9. The number of hydrogen-bond acceptors (Lipinski definition) is 9. The van der Waals surface area contributed by atoms with E-state index in [1.807, 2.05) is 54.6 Å². The Morgan fingerprint density at radius 3 is 2.40 bits per heavy atom. The van der Waals surface area contributed by atoms with Crippen LogP contribution in [0.15, 0.2) is 60.8 Å². The van der Waals surface area contributed by atoms with Gasteiger partial charge in [0.15, 0.2) is 11.5 Å². The summed E-state index contributed by atoms with van der Waals surface area (Å²) in [5.74, 6) is 2.80. The van der Waals surface area contributed by atoms with E-state index in [1.165, 1.54) is 0 Å². The first-order chi connectivity index (χ1) is 19.5. The number of nitrogens with zero attached hydrogens (tertiary/aromatic N) is 5. The van der Waals surface area contributed by atoms with E-state index >= 15 is 0 Å². The van der Waals surface area contributed by atoms with Crippen molar-refractivity contribution in [2.45, 2.75) is 26.5 Å². The van der Waals surface area contributed by atoms with Crippen LogP contribution in [0.2, 0.25) is 0 Å². The third-order valence-corrected chi connectivity index (χ3v) is 7.18. The quantitative estimate of drug-likeness (QED) is 0.302. The molecule has 4 aromatic rings. The smallest absolute Gasteiger partial charge is 0.162 e. The molecule has 9 nitrogen and oxygen atoms in total. The molecule has 0 saturated carbocycles. The number of anilines is 3. The van der Waals surface area contributed by atoms with Crippen LogP contribution < -0.4 is 24.4 Å². The van der Waals surface area contributed by atoms with Gasteiger partial charge in [-0.3, -0.25) is 9.88 Å². The Hall–Kier alpha value is -4.55. The fourth-order valence-corrected chi connectivity index (χ4v) is 4.81. The monoisotopic (exact) mass is 538 g/mol. The summed E-state index contributed by atoms with van der Waals surface area (Å²) in [5.41, 5.74) is 4.15. The highest BCUT2D eigenvalue weighted by Crippen LogP contribution is 2.34. The Morgan fingerprint density at radius 2 is 1.73 bits per heavy atom. The third kappa shape index (κ3) is 5.87. The molecule has 9 heteroatoms. The minimum Gasteiger partial charge on any atom is -0.497 e. The van der Waals surface area contributed by atoms with Gasteiger partial charge in [-0.25, -0.2) is 4.98 Å². The van der Waals surface area contributed by atoms with Gasteiger partial charge in [0.1, 0.15) is 35.3 Å². The summed E-state index contributed by atoms with van der Waals surface area (Å²) in [6, 6.07) is 19.9. The lowest BCUT2D eigenvalue weighted by Crippen LogP contribution is -2.49. The van der Waals surface area contributed by atoms with E-state index in [1.54, 1.807) is 20.4 Å². The molecule has 0 bridgehead atoms. The molecule has 1 aliphatic heterocycles. The predicted molar refractivity (Wildman–Crippen MR) is 157 cm³/mol. The van der Waals surface area contributed by atoms with Crippen molar-refractivity contribution >= 4 is 28.2 Å². The number of nitriles is 1. The van der Waals surface area contributed by atoms with Gasteiger partial charge in [-0.05, 0) is 55.8 Å². The van der Waals surface area contributed by atoms with Crippen molar-refractivity contribution in [3.8, 4) is 23.3 Å². The Morgan fingerprint density at radius 1 is 0.950 bits per heavy atom. The maximum absolute atomic E-state index is 10.1. The average Bonchev–Trinajstić information content (AvgIpc) is 3.00. The summed E-state index contributed by atoms with van der Waals surface area (Å²) in [6.07, 6.45) is 1.80. The molecule has 1 aliphatic rings. The first-order valence-corrected chi connectivity index (χ1v) is 13.4. The second-order valence-electron chi connectivity index (χ2n) is 9.94. The van der Waals surface area contributed by atoms with Crippen molar-refractivity contribution in [3.05, 3.63) is 71.9 Å². The lowest BCUT2D eigenvalue weighted by molar-refractivity contribution is 0.209. The maximum Gasteiger partial charge on any atom is 0.162 e. The second kappa shape index (κ2) is 12.1. The van der Waals surface area contributed by atoms with E-state index in [2.05, 4.69) is 40.0 Å². The number of piperazine rings is 1. The Kier molecular flexibility index (Phi) is 8.18. The van der Waals surface area contributed by atoms with E-state index in [9.17, 15) is 5.26 Å². The van der Waals surface area contributed by atoms with E-state index in [4.69, 9.17) is 19.2 Å². The molecule has 1 aromatic heterocycles. The highest BCUT2D eigenvalue weighted by atomic mass is 16.5. The molecule has 0 spiro atoms. The van der Waals surface area contributed by atoms with Gasteiger partial charge in [-0.15, -0.1) is 0 Å². The second-order valence-corrected chi connectivity index (χ2v) is 9.94. The molecule has 5 rings (SSSR count). The summed E-state index contributed by atoms with van der Waals surface area (Å²) in [4.78, 5) is 14.2. The molecule has 40 heavy (non-hydrogen) atoms. The molecular weight excluding hydrogens is 504 g/mol. The molecule has 1 N–H and O–H groups in total. The number of aromatic nitrogens is 2. The molecule has 206 valence electrons. The number of ether oxygens (including phenoxy) is 3. The van der Waals surface area contributed by atoms with Crippen LogP contribution in [0, 0.1) is 11.3 Å². The summed E-state index contributed by atoms with van der Waals surface area (Å²) in [6.45, 7) is 8.55. The summed E-state index contributed by atoms with van der Waals surface area (Å²) < 4.78 is 16.8. The van der Waals surface area contributed by atoms with Crippen LogP contribution >= 0.6 is 0 Å². The van der Waals surface area contributed by atoms with Crippen molar-refractivity contribution in [1.82, 2.24) is 14.9 Å². The normalized spacial score (nSPS) is 13.8. The van der Waals surface area contributed by atoms with Gasteiger partial charge < -0.3 is 24.4 Å². The Bertz CT molecular complexity index is 1510. The lowest BCUT2D eigenvalue weighted by Gasteiger charge is -2.37. The molecule has 0 aliphatic carbocycles. The molecule has 0 radical (unpaired) electrons. The van der Waals surface area contributed by atoms with E-state index in [0.717, 1.165) is 49.0 Å². The SMILES string of the molecule is COc1ccc(COc2ccc(Nc3ccc4ncc(N5CCN(C(C)C)CC5)nc4c3C#N)cc2OC)cc1. The van der Waals surface area contributed by atoms with Crippen molar-refractivity contribution in [2.75, 3.05) is 50.6 Å². The molecular formula is C31H34N6O3. The molecule has 2 heterocycles. The van der Waals surface area contributed by atoms with Gasteiger partial charge in [-0.1, -0.05) is 12.1 Å². The van der Waals surface area contributed by atoms with E-state index < -0.39 is 0 Å². The highest BCUT2D eigenvalue weighted by molar-refractivity contribution is 5.89. The Balaban J connectivity index is 1.34. The van der Waals surface area contributed by atoms with Gasteiger partial charge in [0, 0.05) is 44.0 Å². The zero-order valence-electron chi connectivity index (χ0n) is 23.3. The van der Waals surface area contributed by atoms with Crippen LogP contribution in [0.4, 0.5) is 17.2 Å². The highest BCUT2D eigenvalue weighted by Gasteiger charge is 2.21. The molecule has 0 amide bonds. The van der Waals surface area contributed by atoms with Crippen LogP contribution in [0.25, 0.3) is 11.0 Å². The summed E-state index contributed by atoms with van der Waals surface area (Å²) in [7, 11) is 3.25. The first-order valence-electron chi connectivity index (χ1n) is 13.4. The minimum absolute atomic E-state index is 0.393. The molecule has 0 atom stereocenters. The standard InChI is InChI=1S/C31H34N6O3/c1-21(2)36-13-15-37(16-14-36)30-19-33-27-11-10-26(25(18-32)31(27)35-30)34-23-7-12-28(29(17-23)39-4)40-20-22-5-8-24(38-3)9-6-22/h5-12,17,19,21,34H,13-16,20H2,1-4H3. The van der Waals surface area contributed by atoms with Crippen LogP contribution in [0.5, 0.6) is 17.2 Å². The number of hydrogen-bond donors (Lipinski definition) is 1. The first kappa shape index (κ1) is 27.0. The van der Waals surface area contributed by atoms with Gasteiger partial charge in [-0.2, -0.15) is 5.26 Å². The van der Waals surface area contributed by atoms with Gasteiger partial charge in [0.2, 0.25) is 0 Å². The molecule has 3 aromatic carbocycles. The number of fused-ring (bicyclic) bond motifs is 1. The molecule has 0 unspecified atom stereocenters. The lowest BCUT2D eigenvalue weighted by atomic mass is 10.1. The van der Waals surface area contributed by atoms with Crippen molar-refractivity contribution < 1.29 is 14.2 Å². The Labute approximate surface area is 234 Å². The zero-order valence-corrected chi connectivity index (χ0v) is 23.3. The van der Waals surface area contributed by atoms with E-state index in [0.29, 0.717) is 46.4 Å². The summed E-state index contributed by atoms with van der Waals surface area (Å²) >= 11 is 0.